The molecule has 5 heteroatoms. The minimum Gasteiger partial charge on any atom is -0.369 e. The highest BCUT2D eigenvalue weighted by Crippen LogP contribution is 2.16. The summed E-state index contributed by atoms with van der Waals surface area (Å²) >= 11 is 0. The quantitative estimate of drug-likeness (QED) is 0.855. The molecule has 18 heavy (non-hydrogen) atoms. The molecule has 0 fully saturated rings. The summed E-state index contributed by atoms with van der Waals surface area (Å²) in [4.78, 5) is 19.9. The van der Waals surface area contributed by atoms with Crippen LogP contribution in [0.5, 0.6) is 0 Å². The van der Waals surface area contributed by atoms with E-state index in [2.05, 4.69) is 15.3 Å². The predicted octanol–water partition coefficient (Wildman–Crippen LogP) is 1.55. The highest BCUT2D eigenvalue weighted by molar-refractivity contribution is 5.80. The number of hydrogen-bond acceptors (Lipinski definition) is 4. The number of benzene rings is 1. The van der Waals surface area contributed by atoms with Crippen LogP contribution in [0.25, 0.3) is 11.0 Å². The molecule has 0 aliphatic heterocycles. The van der Waals surface area contributed by atoms with Gasteiger partial charge in [0, 0.05) is 6.54 Å². The van der Waals surface area contributed by atoms with E-state index in [9.17, 15) is 4.79 Å². The number of primary amides is 1. The number of fused-ring (bicyclic) bond motifs is 1. The van der Waals surface area contributed by atoms with E-state index in [1.165, 1.54) is 0 Å². The van der Waals surface area contributed by atoms with Crippen LogP contribution in [-0.2, 0) is 4.79 Å². The third kappa shape index (κ3) is 2.56. The first-order chi connectivity index (χ1) is 8.49. The van der Waals surface area contributed by atoms with Crippen LogP contribution in [0.4, 0.5) is 5.82 Å². The topological polar surface area (TPSA) is 80.9 Å². The number of nitrogens with two attached hydrogens (primary N) is 1. The summed E-state index contributed by atoms with van der Waals surface area (Å²) in [6.07, 6.45) is 1.65. The van der Waals surface area contributed by atoms with E-state index in [1.54, 1.807) is 20.0 Å². The molecule has 3 N–H and O–H groups in total. The van der Waals surface area contributed by atoms with Gasteiger partial charge in [-0.1, -0.05) is 12.1 Å². The van der Waals surface area contributed by atoms with E-state index in [4.69, 9.17) is 5.73 Å². The molecule has 0 saturated heterocycles. The van der Waals surface area contributed by atoms with Crippen LogP contribution in [0.2, 0.25) is 0 Å². The summed E-state index contributed by atoms with van der Waals surface area (Å²) in [7, 11) is 0. The number of para-hydroxylation sites is 2. The second-order valence-corrected chi connectivity index (χ2v) is 4.85. The number of carbonyl (C=O) groups excluding carboxylic acids is 1. The summed E-state index contributed by atoms with van der Waals surface area (Å²) in [5, 5.41) is 3.08. The lowest BCUT2D eigenvalue weighted by Gasteiger charge is -2.20. The number of carbonyl (C=O) groups is 1. The molecule has 0 aliphatic carbocycles. The third-order valence-corrected chi connectivity index (χ3v) is 2.83. The maximum atomic E-state index is 11.2. The van der Waals surface area contributed by atoms with E-state index in [1.807, 2.05) is 24.3 Å². The van der Waals surface area contributed by atoms with Gasteiger partial charge in [0.25, 0.3) is 0 Å². The zero-order valence-electron chi connectivity index (χ0n) is 10.5. The van der Waals surface area contributed by atoms with Crippen LogP contribution < -0.4 is 11.1 Å². The number of aromatic nitrogens is 2. The van der Waals surface area contributed by atoms with Gasteiger partial charge < -0.3 is 11.1 Å². The van der Waals surface area contributed by atoms with Gasteiger partial charge in [-0.2, -0.15) is 0 Å². The van der Waals surface area contributed by atoms with Crippen molar-refractivity contribution in [3.63, 3.8) is 0 Å². The fraction of sp³-hybridized carbons (Fsp3) is 0.308. The van der Waals surface area contributed by atoms with Gasteiger partial charge in [0.1, 0.15) is 5.82 Å². The molecule has 94 valence electrons. The molecule has 5 nitrogen and oxygen atoms in total. The highest BCUT2D eigenvalue weighted by atomic mass is 16.1. The van der Waals surface area contributed by atoms with Crippen molar-refractivity contribution in [3.05, 3.63) is 30.5 Å². The van der Waals surface area contributed by atoms with E-state index in [-0.39, 0.29) is 5.91 Å². The molecular weight excluding hydrogens is 228 g/mol. The molecule has 2 rings (SSSR count). The molecule has 0 bridgehead atoms. The van der Waals surface area contributed by atoms with Crippen LogP contribution in [0.1, 0.15) is 13.8 Å². The van der Waals surface area contributed by atoms with Gasteiger partial charge in [-0.15, -0.1) is 0 Å². The Balaban J connectivity index is 2.15. The van der Waals surface area contributed by atoms with Crippen molar-refractivity contribution < 1.29 is 4.79 Å². The predicted molar refractivity (Wildman–Crippen MR) is 71.0 cm³/mol. The Hall–Kier alpha value is -2.17. The molecule has 2 aromatic rings. The van der Waals surface area contributed by atoms with Crippen molar-refractivity contribution in [2.75, 3.05) is 11.9 Å². The second kappa shape index (κ2) is 4.60. The number of nitrogens with zero attached hydrogens (tertiary/aromatic N) is 2. The standard InChI is InChI=1S/C13H16N4O/c1-13(2,12(14)18)8-16-11-7-15-9-5-3-4-6-10(9)17-11/h3-7H,8H2,1-2H3,(H2,14,18)(H,16,17). The van der Waals surface area contributed by atoms with Crippen LogP contribution in [-0.4, -0.2) is 22.4 Å². The van der Waals surface area contributed by atoms with Crippen molar-refractivity contribution in [1.82, 2.24) is 9.97 Å². The highest BCUT2D eigenvalue weighted by Gasteiger charge is 2.24. The van der Waals surface area contributed by atoms with E-state index < -0.39 is 5.41 Å². The van der Waals surface area contributed by atoms with Crippen molar-refractivity contribution in [3.8, 4) is 0 Å². The van der Waals surface area contributed by atoms with Crippen LogP contribution in [0.15, 0.2) is 30.5 Å². The molecule has 0 spiro atoms. The summed E-state index contributed by atoms with van der Waals surface area (Å²) < 4.78 is 0. The van der Waals surface area contributed by atoms with Gasteiger partial charge >= 0.3 is 0 Å². The number of nitrogens with one attached hydrogen (secondary N) is 1. The first kappa shape index (κ1) is 12.3. The third-order valence-electron chi connectivity index (χ3n) is 2.83. The molecule has 1 aromatic heterocycles. The Morgan fingerprint density at radius 1 is 1.33 bits per heavy atom. The zero-order chi connectivity index (χ0) is 13.2. The second-order valence-electron chi connectivity index (χ2n) is 4.85. The largest absolute Gasteiger partial charge is 0.369 e. The molecule has 0 atom stereocenters. The monoisotopic (exact) mass is 244 g/mol. The first-order valence-corrected chi connectivity index (χ1v) is 5.74. The van der Waals surface area contributed by atoms with Gasteiger partial charge in [0.05, 0.1) is 22.6 Å². The average Bonchev–Trinajstić information content (AvgIpc) is 2.36. The summed E-state index contributed by atoms with van der Waals surface area (Å²) in [5.74, 6) is 0.298. The van der Waals surface area contributed by atoms with Crippen molar-refractivity contribution in [2.24, 2.45) is 11.1 Å². The van der Waals surface area contributed by atoms with Gasteiger partial charge in [-0.05, 0) is 26.0 Å². The van der Waals surface area contributed by atoms with Crippen LogP contribution in [0, 0.1) is 5.41 Å². The molecule has 0 radical (unpaired) electrons. The molecule has 1 amide bonds. The van der Waals surface area contributed by atoms with Crippen LogP contribution in [0.3, 0.4) is 0 Å². The van der Waals surface area contributed by atoms with E-state index in [0.717, 1.165) is 11.0 Å². The van der Waals surface area contributed by atoms with Crippen molar-refractivity contribution in [2.45, 2.75) is 13.8 Å². The SMILES string of the molecule is CC(C)(CNc1cnc2ccccc2n1)C(N)=O. The fourth-order valence-electron chi connectivity index (χ4n) is 1.44. The lowest BCUT2D eigenvalue weighted by molar-refractivity contribution is -0.125. The number of amides is 1. The lowest BCUT2D eigenvalue weighted by atomic mass is 9.93. The Bertz CT molecular complexity index is 580. The normalized spacial score (nSPS) is 11.4. The Labute approximate surface area is 105 Å². The molecule has 1 aromatic carbocycles. The number of rotatable bonds is 4. The fourth-order valence-corrected chi connectivity index (χ4v) is 1.44. The first-order valence-electron chi connectivity index (χ1n) is 5.74. The molecule has 0 aliphatic rings. The Kier molecular flexibility index (Phi) is 3.14. The maximum absolute atomic E-state index is 11.2. The summed E-state index contributed by atoms with van der Waals surface area (Å²) in [5.41, 5.74) is 6.36. The van der Waals surface area contributed by atoms with Gasteiger partial charge in [-0.3, -0.25) is 9.78 Å². The Morgan fingerprint density at radius 3 is 2.67 bits per heavy atom. The van der Waals surface area contributed by atoms with Gasteiger partial charge in [-0.25, -0.2) is 4.98 Å². The van der Waals surface area contributed by atoms with Crippen molar-refractivity contribution in [1.29, 1.82) is 0 Å². The summed E-state index contributed by atoms with van der Waals surface area (Å²) in [6, 6.07) is 7.63. The minimum absolute atomic E-state index is 0.344. The summed E-state index contributed by atoms with van der Waals surface area (Å²) in [6.45, 7) is 4.00. The van der Waals surface area contributed by atoms with Crippen molar-refractivity contribution >= 4 is 22.8 Å². The van der Waals surface area contributed by atoms with Gasteiger partial charge in [0.15, 0.2) is 0 Å². The molecular formula is C13H16N4O. The van der Waals surface area contributed by atoms with E-state index in [0.29, 0.717) is 12.4 Å². The van der Waals surface area contributed by atoms with E-state index >= 15 is 0 Å². The maximum Gasteiger partial charge on any atom is 0.224 e. The lowest BCUT2D eigenvalue weighted by Crippen LogP contribution is -2.37. The smallest absolute Gasteiger partial charge is 0.224 e. The van der Waals surface area contributed by atoms with Crippen LogP contribution >= 0.6 is 0 Å². The average molecular weight is 244 g/mol. The zero-order valence-corrected chi connectivity index (χ0v) is 10.5. The minimum atomic E-state index is -0.618. The molecule has 0 saturated carbocycles. The number of anilines is 1. The Morgan fingerprint density at radius 2 is 2.00 bits per heavy atom. The number of hydrogen-bond donors (Lipinski definition) is 2. The molecule has 0 unspecified atom stereocenters. The molecule has 1 heterocycles. The van der Waals surface area contributed by atoms with Gasteiger partial charge in [0.2, 0.25) is 5.91 Å².